The van der Waals surface area contributed by atoms with Gasteiger partial charge in [-0.2, -0.15) is 0 Å². The Bertz CT molecular complexity index is 777. The molecule has 1 aromatic carbocycles. The van der Waals surface area contributed by atoms with E-state index in [0.29, 0.717) is 0 Å². The molecule has 0 aliphatic rings. The molecule has 0 bridgehead atoms. The number of hydrogen-bond acceptors (Lipinski definition) is 3. The molecule has 3 aromatic rings. The molecule has 1 atom stereocenters. The molecule has 21 heavy (non-hydrogen) atoms. The lowest BCUT2D eigenvalue weighted by atomic mass is 10.0. The fourth-order valence-corrected chi connectivity index (χ4v) is 2.51. The number of fused-ring (bicyclic) bond motifs is 1. The Morgan fingerprint density at radius 3 is 2.57 bits per heavy atom. The van der Waals surface area contributed by atoms with Crippen molar-refractivity contribution in [1.29, 1.82) is 0 Å². The lowest BCUT2D eigenvalue weighted by molar-refractivity contribution is 0.219. The predicted molar refractivity (Wildman–Crippen MR) is 82.3 cm³/mol. The molecule has 1 unspecified atom stereocenters. The van der Waals surface area contributed by atoms with E-state index in [-0.39, 0.29) is 5.92 Å². The van der Waals surface area contributed by atoms with Crippen LogP contribution in [0.25, 0.3) is 5.65 Å². The predicted octanol–water partition coefficient (Wildman–Crippen LogP) is 3.24. The number of aryl methyl sites for hydroxylation is 1. The van der Waals surface area contributed by atoms with Crippen molar-refractivity contribution in [2.24, 2.45) is 0 Å². The molecule has 1 N–H and O–H groups in total. The van der Waals surface area contributed by atoms with Gasteiger partial charge in [-0.1, -0.05) is 49.7 Å². The molecule has 0 amide bonds. The van der Waals surface area contributed by atoms with Gasteiger partial charge in [0.1, 0.15) is 11.9 Å². The van der Waals surface area contributed by atoms with Gasteiger partial charge in [0.25, 0.3) is 0 Å². The zero-order chi connectivity index (χ0) is 15.0. The Kier molecular flexibility index (Phi) is 3.47. The van der Waals surface area contributed by atoms with Crippen molar-refractivity contribution < 1.29 is 5.11 Å². The van der Waals surface area contributed by atoms with Gasteiger partial charge in [0.2, 0.25) is 0 Å². The lowest BCUT2D eigenvalue weighted by Gasteiger charge is -2.13. The summed E-state index contributed by atoms with van der Waals surface area (Å²) in [7, 11) is 0. The summed E-state index contributed by atoms with van der Waals surface area (Å²) in [5.41, 5.74) is 3.68. The van der Waals surface area contributed by atoms with Gasteiger partial charge >= 0.3 is 0 Å². The first-order valence-electron chi connectivity index (χ1n) is 7.15. The molecule has 0 fully saturated rings. The maximum Gasteiger partial charge on any atom is 0.160 e. The quantitative estimate of drug-likeness (QED) is 0.801. The first kappa shape index (κ1) is 13.8. The van der Waals surface area contributed by atoms with Crippen molar-refractivity contribution >= 4 is 5.65 Å². The third-order valence-electron chi connectivity index (χ3n) is 3.64. The van der Waals surface area contributed by atoms with Gasteiger partial charge in [-0.25, -0.2) is 0 Å². The molecular weight excluding hydrogens is 262 g/mol. The second-order valence-electron chi connectivity index (χ2n) is 5.72. The van der Waals surface area contributed by atoms with Crippen LogP contribution in [0.4, 0.5) is 0 Å². The third-order valence-corrected chi connectivity index (χ3v) is 3.64. The zero-order valence-corrected chi connectivity index (χ0v) is 12.5. The van der Waals surface area contributed by atoms with Gasteiger partial charge in [0, 0.05) is 17.7 Å². The molecule has 0 spiro atoms. The summed E-state index contributed by atoms with van der Waals surface area (Å²) in [6.07, 6.45) is 1.29. The first-order chi connectivity index (χ1) is 10.1. The summed E-state index contributed by atoms with van der Waals surface area (Å²) in [5, 5.41) is 19.0. The van der Waals surface area contributed by atoms with Gasteiger partial charge < -0.3 is 5.11 Å². The molecule has 2 heterocycles. The third kappa shape index (κ3) is 2.54. The maximum atomic E-state index is 10.6. The molecule has 4 nitrogen and oxygen atoms in total. The van der Waals surface area contributed by atoms with Crippen LogP contribution in [-0.2, 0) is 0 Å². The lowest BCUT2D eigenvalue weighted by Crippen LogP contribution is -2.03. The highest BCUT2D eigenvalue weighted by Gasteiger charge is 2.14. The SMILES string of the molecule is Cc1cccc(C(O)c2ccc3nnc(C(C)C)n3c2)c1. The zero-order valence-electron chi connectivity index (χ0n) is 12.5. The normalized spacial score (nSPS) is 13.0. The van der Waals surface area contributed by atoms with E-state index in [1.807, 2.05) is 53.9 Å². The summed E-state index contributed by atoms with van der Waals surface area (Å²) in [6, 6.07) is 11.7. The van der Waals surface area contributed by atoms with E-state index < -0.39 is 6.10 Å². The topological polar surface area (TPSA) is 50.4 Å². The molecule has 2 aromatic heterocycles. The van der Waals surface area contributed by atoms with E-state index in [0.717, 1.165) is 28.2 Å². The minimum Gasteiger partial charge on any atom is -0.384 e. The molecule has 0 saturated heterocycles. The van der Waals surface area contributed by atoms with Crippen molar-refractivity contribution in [2.75, 3.05) is 0 Å². The van der Waals surface area contributed by atoms with Crippen LogP contribution in [0.3, 0.4) is 0 Å². The molecule has 0 aliphatic heterocycles. The van der Waals surface area contributed by atoms with E-state index in [9.17, 15) is 5.11 Å². The average Bonchev–Trinajstić information content (AvgIpc) is 2.89. The van der Waals surface area contributed by atoms with Crippen LogP contribution < -0.4 is 0 Å². The van der Waals surface area contributed by atoms with E-state index in [1.54, 1.807) is 0 Å². The first-order valence-corrected chi connectivity index (χ1v) is 7.15. The highest BCUT2D eigenvalue weighted by atomic mass is 16.3. The number of aromatic nitrogens is 3. The number of benzene rings is 1. The standard InChI is InChI=1S/C17H19N3O/c1-11(2)17-19-18-15-8-7-14(10-20(15)17)16(21)13-6-4-5-12(3)9-13/h4-11,16,21H,1-3H3. The number of aliphatic hydroxyl groups is 1. The summed E-state index contributed by atoms with van der Waals surface area (Å²) in [6.45, 7) is 6.19. The van der Waals surface area contributed by atoms with Gasteiger partial charge in [0.15, 0.2) is 5.65 Å². The Morgan fingerprint density at radius 2 is 1.86 bits per heavy atom. The van der Waals surface area contributed by atoms with Gasteiger partial charge in [-0.05, 0) is 18.6 Å². The molecule has 0 saturated carbocycles. The number of hydrogen-bond donors (Lipinski definition) is 1. The second-order valence-corrected chi connectivity index (χ2v) is 5.72. The van der Waals surface area contributed by atoms with Crippen molar-refractivity contribution in [3.05, 3.63) is 65.1 Å². The van der Waals surface area contributed by atoms with Crippen LogP contribution in [0.5, 0.6) is 0 Å². The van der Waals surface area contributed by atoms with E-state index in [2.05, 4.69) is 24.0 Å². The van der Waals surface area contributed by atoms with Crippen LogP contribution in [0.2, 0.25) is 0 Å². The number of aliphatic hydroxyl groups excluding tert-OH is 1. The highest BCUT2D eigenvalue weighted by Crippen LogP contribution is 2.24. The molecule has 0 radical (unpaired) electrons. The molecule has 108 valence electrons. The molecule has 3 rings (SSSR count). The fourth-order valence-electron chi connectivity index (χ4n) is 2.51. The number of nitrogens with zero attached hydrogens (tertiary/aromatic N) is 3. The molecular formula is C17H19N3O. The molecule has 0 aliphatic carbocycles. The number of rotatable bonds is 3. The van der Waals surface area contributed by atoms with Gasteiger partial charge in [-0.3, -0.25) is 4.40 Å². The Balaban J connectivity index is 2.06. The Morgan fingerprint density at radius 1 is 1.05 bits per heavy atom. The van der Waals surface area contributed by atoms with Gasteiger partial charge in [-0.15, -0.1) is 10.2 Å². The van der Waals surface area contributed by atoms with E-state index >= 15 is 0 Å². The van der Waals surface area contributed by atoms with Crippen LogP contribution in [0.1, 0.15) is 48.4 Å². The summed E-state index contributed by atoms with van der Waals surface area (Å²) in [5.74, 6) is 1.19. The van der Waals surface area contributed by atoms with E-state index in [1.165, 1.54) is 0 Å². The Hall–Kier alpha value is -2.20. The van der Waals surface area contributed by atoms with Crippen LogP contribution >= 0.6 is 0 Å². The smallest absolute Gasteiger partial charge is 0.160 e. The fraction of sp³-hybridized carbons (Fsp3) is 0.294. The van der Waals surface area contributed by atoms with E-state index in [4.69, 9.17) is 0 Å². The van der Waals surface area contributed by atoms with Crippen LogP contribution in [0.15, 0.2) is 42.6 Å². The van der Waals surface area contributed by atoms with Crippen molar-refractivity contribution in [2.45, 2.75) is 32.8 Å². The summed E-state index contributed by atoms with van der Waals surface area (Å²) >= 11 is 0. The van der Waals surface area contributed by atoms with Crippen LogP contribution in [-0.4, -0.2) is 19.7 Å². The van der Waals surface area contributed by atoms with Crippen molar-refractivity contribution in [1.82, 2.24) is 14.6 Å². The Labute approximate surface area is 124 Å². The van der Waals surface area contributed by atoms with Crippen molar-refractivity contribution in [3.63, 3.8) is 0 Å². The maximum absolute atomic E-state index is 10.6. The minimum absolute atomic E-state index is 0.284. The van der Waals surface area contributed by atoms with Crippen LogP contribution in [0, 0.1) is 6.92 Å². The summed E-state index contributed by atoms with van der Waals surface area (Å²) in [4.78, 5) is 0. The average molecular weight is 281 g/mol. The molecule has 4 heteroatoms. The minimum atomic E-state index is -0.642. The largest absolute Gasteiger partial charge is 0.384 e. The monoisotopic (exact) mass is 281 g/mol. The number of pyridine rings is 1. The second kappa shape index (κ2) is 5.30. The van der Waals surface area contributed by atoms with Crippen molar-refractivity contribution in [3.8, 4) is 0 Å². The summed E-state index contributed by atoms with van der Waals surface area (Å²) < 4.78 is 1.96. The highest BCUT2D eigenvalue weighted by molar-refractivity contribution is 5.42. The van der Waals surface area contributed by atoms with Gasteiger partial charge in [0.05, 0.1) is 0 Å².